The Labute approximate surface area is 104 Å². The normalized spacial score (nSPS) is 10.9. The van der Waals surface area contributed by atoms with Gasteiger partial charge in [0.25, 0.3) is 5.91 Å². The van der Waals surface area contributed by atoms with Gasteiger partial charge in [-0.2, -0.15) is 0 Å². The number of amides is 1. The first kappa shape index (κ1) is 13.1. The average Bonchev–Trinajstić information content (AvgIpc) is 2.16. The predicted molar refractivity (Wildman–Crippen MR) is 65.7 cm³/mol. The summed E-state index contributed by atoms with van der Waals surface area (Å²) in [7, 11) is 5.66. The molecule has 1 heterocycles. The lowest BCUT2D eigenvalue weighted by Crippen LogP contribution is -2.44. The monoisotopic (exact) mass is 286 g/mol. The van der Waals surface area contributed by atoms with Crippen molar-refractivity contribution in [2.75, 3.05) is 27.8 Å². The molecular weight excluding hydrogens is 272 g/mol. The zero-order chi connectivity index (χ0) is 12.1. The van der Waals surface area contributed by atoms with Crippen LogP contribution < -0.4 is 5.43 Å². The molecule has 0 bridgehead atoms. The number of hydrazine groups is 1. The van der Waals surface area contributed by atoms with Crippen LogP contribution in [0.1, 0.15) is 10.5 Å². The van der Waals surface area contributed by atoms with E-state index in [4.69, 9.17) is 0 Å². The highest BCUT2D eigenvalue weighted by Crippen LogP contribution is 2.06. The number of hydrogen-bond donors (Lipinski definition) is 1. The number of carbonyl (C=O) groups excluding carboxylic acids is 1. The van der Waals surface area contributed by atoms with Gasteiger partial charge in [-0.1, -0.05) is 6.07 Å². The number of halogens is 1. The van der Waals surface area contributed by atoms with Crippen molar-refractivity contribution in [2.45, 2.75) is 0 Å². The standard InChI is InChI=1S/C10H15BrN4O/c1-14(2)7-15(3)13-10(16)8-5-4-6-9(11)12-8/h4-6H,7H2,1-3H3,(H,13,16). The van der Waals surface area contributed by atoms with E-state index in [1.807, 2.05) is 19.0 Å². The highest BCUT2D eigenvalue weighted by molar-refractivity contribution is 9.10. The van der Waals surface area contributed by atoms with Crippen molar-refractivity contribution in [3.05, 3.63) is 28.5 Å². The SMILES string of the molecule is CN(C)CN(C)NC(=O)c1cccc(Br)n1. The Morgan fingerprint density at radius 1 is 1.44 bits per heavy atom. The van der Waals surface area contributed by atoms with E-state index in [0.29, 0.717) is 17.0 Å². The molecule has 0 aliphatic heterocycles. The second-order valence-corrected chi connectivity index (χ2v) is 4.52. The minimum Gasteiger partial charge on any atom is -0.295 e. The summed E-state index contributed by atoms with van der Waals surface area (Å²) in [5.41, 5.74) is 3.11. The summed E-state index contributed by atoms with van der Waals surface area (Å²) in [5.74, 6) is -0.217. The maximum atomic E-state index is 11.7. The lowest BCUT2D eigenvalue weighted by atomic mass is 10.3. The molecule has 16 heavy (non-hydrogen) atoms. The predicted octanol–water partition coefficient (Wildman–Crippen LogP) is 0.940. The van der Waals surface area contributed by atoms with E-state index in [0.717, 1.165) is 0 Å². The van der Waals surface area contributed by atoms with Crippen LogP contribution in [0.5, 0.6) is 0 Å². The van der Waals surface area contributed by atoms with E-state index in [9.17, 15) is 4.79 Å². The highest BCUT2D eigenvalue weighted by Gasteiger charge is 2.09. The minimum absolute atomic E-state index is 0.217. The van der Waals surface area contributed by atoms with Crippen molar-refractivity contribution in [3.63, 3.8) is 0 Å². The summed E-state index contributed by atoms with van der Waals surface area (Å²) in [6.07, 6.45) is 0. The van der Waals surface area contributed by atoms with Gasteiger partial charge in [0.2, 0.25) is 0 Å². The topological polar surface area (TPSA) is 48.5 Å². The Bertz CT molecular complexity index is 370. The molecule has 0 aromatic carbocycles. The summed E-state index contributed by atoms with van der Waals surface area (Å²) >= 11 is 3.22. The molecule has 0 unspecified atom stereocenters. The van der Waals surface area contributed by atoms with Gasteiger partial charge in [-0.25, -0.2) is 9.99 Å². The van der Waals surface area contributed by atoms with Crippen LogP contribution in [0.25, 0.3) is 0 Å². The first-order valence-electron chi connectivity index (χ1n) is 4.78. The molecule has 0 spiro atoms. The Morgan fingerprint density at radius 2 is 2.12 bits per heavy atom. The first-order valence-corrected chi connectivity index (χ1v) is 5.58. The van der Waals surface area contributed by atoms with Gasteiger partial charge in [0.1, 0.15) is 10.3 Å². The van der Waals surface area contributed by atoms with Gasteiger partial charge in [0, 0.05) is 7.05 Å². The Kier molecular flexibility index (Phi) is 4.85. The van der Waals surface area contributed by atoms with Gasteiger partial charge in [0.05, 0.1) is 6.67 Å². The third-order valence-corrected chi connectivity index (χ3v) is 2.18. The largest absolute Gasteiger partial charge is 0.295 e. The lowest BCUT2D eigenvalue weighted by Gasteiger charge is -2.21. The van der Waals surface area contributed by atoms with E-state index < -0.39 is 0 Å². The fourth-order valence-corrected chi connectivity index (χ4v) is 1.57. The third kappa shape index (κ3) is 4.26. The fourth-order valence-electron chi connectivity index (χ4n) is 1.22. The number of carbonyl (C=O) groups is 1. The molecule has 5 nitrogen and oxygen atoms in total. The molecule has 0 aliphatic rings. The van der Waals surface area contributed by atoms with E-state index in [-0.39, 0.29) is 5.91 Å². The highest BCUT2D eigenvalue weighted by atomic mass is 79.9. The minimum atomic E-state index is -0.217. The third-order valence-electron chi connectivity index (χ3n) is 1.74. The van der Waals surface area contributed by atoms with Gasteiger partial charge in [-0.15, -0.1) is 0 Å². The smallest absolute Gasteiger partial charge is 0.284 e. The summed E-state index contributed by atoms with van der Waals surface area (Å²) < 4.78 is 0.649. The molecule has 1 aromatic heterocycles. The Morgan fingerprint density at radius 3 is 2.69 bits per heavy atom. The van der Waals surface area contributed by atoms with Crippen LogP contribution >= 0.6 is 15.9 Å². The number of nitrogens with zero attached hydrogens (tertiary/aromatic N) is 3. The maximum absolute atomic E-state index is 11.7. The molecular formula is C10H15BrN4O. The summed E-state index contributed by atoms with van der Waals surface area (Å²) in [4.78, 5) is 17.8. The van der Waals surface area contributed by atoms with Crippen LogP contribution in [0.3, 0.4) is 0 Å². The maximum Gasteiger partial charge on any atom is 0.284 e. The number of pyridine rings is 1. The van der Waals surface area contributed by atoms with Crippen molar-refractivity contribution < 1.29 is 4.79 Å². The Balaban J connectivity index is 2.59. The molecule has 1 aromatic rings. The van der Waals surface area contributed by atoms with Gasteiger partial charge in [0.15, 0.2) is 0 Å². The van der Waals surface area contributed by atoms with Gasteiger partial charge in [-0.05, 0) is 42.2 Å². The van der Waals surface area contributed by atoms with Gasteiger partial charge >= 0.3 is 0 Å². The molecule has 0 aliphatic carbocycles. The number of rotatable bonds is 4. The zero-order valence-corrected chi connectivity index (χ0v) is 11.2. The van der Waals surface area contributed by atoms with Crippen molar-refractivity contribution in [2.24, 2.45) is 0 Å². The number of nitrogens with one attached hydrogen (secondary N) is 1. The molecule has 88 valence electrons. The Hall–Kier alpha value is -0.980. The fraction of sp³-hybridized carbons (Fsp3) is 0.400. The van der Waals surface area contributed by atoms with E-state index in [2.05, 4.69) is 26.3 Å². The lowest BCUT2D eigenvalue weighted by molar-refractivity contribution is 0.0753. The molecule has 0 saturated carbocycles. The molecule has 6 heteroatoms. The van der Waals surface area contributed by atoms with Crippen LogP contribution in [0.4, 0.5) is 0 Å². The molecule has 0 fully saturated rings. The van der Waals surface area contributed by atoms with E-state index in [1.54, 1.807) is 30.3 Å². The van der Waals surface area contributed by atoms with Crippen molar-refractivity contribution in [1.82, 2.24) is 20.3 Å². The van der Waals surface area contributed by atoms with Crippen LogP contribution in [-0.2, 0) is 0 Å². The van der Waals surface area contributed by atoms with Crippen molar-refractivity contribution in [3.8, 4) is 0 Å². The summed E-state index contributed by atoms with van der Waals surface area (Å²) in [6.45, 7) is 0.639. The molecule has 0 atom stereocenters. The second-order valence-electron chi connectivity index (χ2n) is 3.71. The zero-order valence-electron chi connectivity index (χ0n) is 9.57. The second kappa shape index (κ2) is 5.93. The van der Waals surface area contributed by atoms with Crippen LogP contribution in [0.2, 0.25) is 0 Å². The molecule has 1 amide bonds. The summed E-state index contributed by atoms with van der Waals surface area (Å²) in [5, 5.41) is 1.70. The number of aromatic nitrogens is 1. The molecule has 1 N–H and O–H groups in total. The quantitative estimate of drug-likeness (QED) is 0.509. The first-order chi connectivity index (χ1) is 7.49. The molecule has 0 saturated heterocycles. The van der Waals surface area contributed by atoms with Crippen molar-refractivity contribution in [1.29, 1.82) is 0 Å². The van der Waals surface area contributed by atoms with Crippen LogP contribution in [0, 0.1) is 0 Å². The van der Waals surface area contributed by atoms with E-state index >= 15 is 0 Å². The van der Waals surface area contributed by atoms with Crippen LogP contribution in [-0.4, -0.2) is 48.6 Å². The molecule has 1 rings (SSSR count). The number of hydrogen-bond acceptors (Lipinski definition) is 4. The van der Waals surface area contributed by atoms with Gasteiger partial charge in [-0.3, -0.25) is 15.1 Å². The van der Waals surface area contributed by atoms with Crippen molar-refractivity contribution >= 4 is 21.8 Å². The van der Waals surface area contributed by atoms with Crippen LogP contribution in [0.15, 0.2) is 22.8 Å². The average molecular weight is 287 g/mol. The van der Waals surface area contributed by atoms with E-state index in [1.165, 1.54) is 0 Å². The summed E-state index contributed by atoms with van der Waals surface area (Å²) in [6, 6.07) is 5.22. The molecule has 0 radical (unpaired) electrons. The van der Waals surface area contributed by atoms with Gasteiger partial charge < -0.3 is 0 Å².